The monoisotopic (exact) mass is 723 g/mol. The third kappa shape index (κ3) is 6.41. The quantitative estimate of drug-likeness (QED) is 0.217. The lowest BCUT2D eigenvalue weighted by Crippen LogP contribution is -2.61. The van der Waals surface area contributed by atoms with E-state index >= 15 is 0 Å². The number of fused-ring (bicyclic) bond motifs is 1. The molecule has 3 aliphatic rings. The van der Waals surface area contributed by atoms with Gasteiger partial charge in [0.2, 0.25) is 17.7 Å². The fourth-order valence-electron chi connectivity index (χ4n) is 7.65. The predicted molar refractivity (Wildman–Crippen MR) is 192 cm³/mol. The molecule has 1 N–H and O–H groups in total. The molecule has 3 unspecified atom stereocenters. The van der Waals surface area contributed by atoms with E-state index in [9.17, 15) is 19.5 Å². The van der Waals surface area contributed by atoms with E-state index in [1.54, 1.807) is 38.6 Å². The minimum absolute atomic E-state index is 0.0872. The van der Waals surface area contributed by atoms with Gasteiger partial charge in [-0.3, -0.25) is 14.4 Å². The van der Waals surface area contributed by atoms with Crippen molar-refractivity contribution < 1.29 is 24.2 Å². The molecular formula is C37H46BrN3O5S. The molecule has 0 saturated carbocycles. The van der Waals surface area contributed by atoms with Crippen LogP contribution >= 0.6 is 27.7 Å². The first-order chi connectivity index (χ1) is 22.4. The number of hydrogen-bond donors (Lipinski definition) is 1. The van der Waals surface area contributed by atoms with Crippen molar-refractivity contribution in [2.24, 2.45) is 11.8 Å². The topological polar surface area (TPSA) is 90.4 Å². The van der Waals surface area contributed by atoms with Gasteiger partial charge in [0.1, 0.15) is 11.8 Å². The van der Waals surface area contributed by atoms with Crippen LogP contribution in [0.5, 0.6) is 5.75 Å². The first kappa shape index (κ1) is 35.2. The number of likely N-dealkylation sites (tertiary alicyclic amines) is 1. The number of aliphatic hydroxyl groups excluding tert-OH is 1. The number of alkyl halides is 1. The molecule has 3 fully saturated rings. The first-order valence-electron chi connectivity index (χ1n) is 16.3. The zero-order valence-corrected chi connectivity index (χ0v) is 30.1. The molecule has 47 heavy (non-hydrogen) atoms. The van der Waals surface area contributed by atoms with Gasteiger partial charge in [0.15, 0.2) is 0 Å². The summed E-state index contributed by atoms with van der Waals surface area (Å²) in [6.45, 7) is 16.4. The summed E-state index contributed by atoms with van der Waals surface area (Å²) in [5, 5.41) is 10.6. The summed E-state index contributed by atoms with van der Waals surface area (Å²) in [5.41, 5.74) is 1.08. The van der Waals surface area contributed by atoms with Gasteiger partial charge in [0.25, 0.3) is 0 Å². The maximum absolute atomic E-state index is 15.0. The Balaban J connectivity index is 1.61. The molecule has 252 valence electrons. The number of hydrogen-bond acceptors (Lipinski definition) is 6. The third-order valence-electron chi connectivity index (χ3n) is 9.59. The number of nitrogens with zero attached hydrogens (tertiary/aromatic N) is 3. The number of benzene rings is 2. The van der Waals surface area contributed by atoms with Crippen LogP contribution in [-0.2, 0) is 20.8 Å². The number of aliphatic hydroxyl groups is 1. The van der Waals surface area contributed by atoms with E-state index in [0.29, 0.717) is 37.4 Å². The molecule has 0 aliphatic carbocycles. The maximum atomic E-state index is 15.0. The van der Waals surface area contributed by atoms with Crippen LogP contribution in [0.4, 0.5) is 5.69 Å². The summed E-state index contributed by atoms with van der Waals surface area (Å²) < 4.78 is 4.76. The highest BCUT2D eigenvalue weighted by Crippen LogP contribution is 2.68. The number of ether oxygens (including phenoxy) is 1. The second-order valence-electron chi connectivity index (χ2n) is 13.5. The van der Waals surface area contributed by atoms with Crippen molar-refractivity contribution in [2.75, 3.05) is 31.2 Å². The lowest BCUT2D eigenvalue weighted by atomic mass is 9.70. The van der Waals surface area contributed by atoms with Crippen LogP contribution in [0.15, 0.2) is 79.9 Å². The van der Waals surface area contributed by atoms with E-state index in [1.807, 2.05) is 82.3 Å². The number of amides is 3. The number of carbonyl (C=O) groups excluding carboxylic acids is 3. The Hall–Kier alpha value is -3.08. The van der Waals surface area contributed by atoms with Crippen molar-refractivity contribution >= 4 is 51.1 Å². The normalized spacial score (nSPS) is 26.9. The Morgan fingerprint density at radius 2 is 1.77 bits per heavy atom. The first-order valence-corrected chi connectivity index (χ1v) is 18.1. The highest BCUT2D eigenvalue weighted by molar-refractivity contribution is 9.09. The highest BCUT2D eigenvalue weighted by atomic mass is 79.9. The Kier molecular flexibility index (Phi) is 10.6. The molecule has 0 radical (unpaired) electrons. The Labute approximate surface area is 291 Å². The van der Waals surface area contributed by atoms with Gasteiger partial charge in [-0.15, -0.1) is 24.9 Å². The smallest absolute Gasteiger partial charge is 0.247 e. The molecule has 3 saturated heterocycles. The summed E-state index contributed by atoms with van der Waals surface area (Å²) in [6.07, 6.45) is 4.32. The number of rotatable bonds is 13. The Morgan fingerprint density at radius 3 is 2.34 bits per heavy atom. The van der Waals surface area contributed by atoms with Crippen LogP contribution in [0.1, 0.15) is 39.7 Å². The third-order valence-corrected chi connectivity index (χ3v) is 12.8. The molecule has 3 aliphatic heterocycles. The molecule has 3 amide bonds. The second-order valence-corrected chi connectivity index (χ2v) is 16.2. The van der Waals surface area contributed by atoms with E-state index in [2.05, 4.69) is 29.1 Å². The van der Waals surface area contributed by atoms with Crippen molar-refractivity contribution in [3.05, 3.63) is 85.5 Å². The van der Waals surface area contributed by atoms with Gasteiger partial charge in [-0.2, -0.15) is 0 Å². The molecule has 10 heteroatoms. The van der Waals surface area contributed by atoms with Crippen molar-refractivity contribution in [1.29, 1.82) is 0 Å². The lowest BCUT2D eigenvalue weighted by Gasteiger charge is -2.43. The second kappa shape index (κ2) is 14.2. The predicted octanol–water partition coefficient (Wildman–Crippen LogP) is 5.49. The van der Waals surface area contributed by atoms with E-state index in [1.165, 1.54) is 0 Å². The van der Waals surface area contributed by atoms with Gasteiger partial charge < -0.3 is 24.5 Å². The van der Waals surface area contributed by atoms with Crippen LogP contribution in [0.25, 0.3) is 0 Å². The average molecular weight is 725 g/mol. The summed E-state index contributed by atoms with van der Waals surface area (Å²) >= 11 is 5.49. The molecule has 5 rings (SSSR count). The van der Waals surface area contributed by atoms with E-state index < -0.39 is 34.2 Å². The maximum Gasteiger partial charge on any atom is 0.247 e. The zero-order valence-electron chi connectivity index (χ0n) is 27.7. The van der Waals surface area contributed by atoms with Crippen LogP contribution in [0, 0.1) is 11.8 Å². The van der Waals surface area contributed by atoms with Crippen molar-refractivity contribution in [2.45, 2.75) is 73.0 Å². The van der Waals surface area contributed by atoms with Gasteiger partial charge in [0.05, 0.1) is 35.8 Å². The van der Waals surface area contributed by atoms with Crippen molar-refractivity contribution in [1.82, 2.24) is 9.80 Å². The fraction of sp³-hybridized carbons (Fsp3) is 0.486. The molecular weight excluding hydrogens is 678 g/mol. The van der Waals surface area contributed by atoms with Crippen LogP contribution in [0.2, 0.25) is 0 Å². The van der Waals surface area contributed by atoms with Crippen molar-refractivity contribution in [3.63, 3.8) is 0 Å². The molecule has 2 bridgehead atoms. The van der Waals surface area contributed by atoms with Gasteiger partial charge in [-0.05, 0) is 70.4 Å². The van der Waals surface area contributed by atoms with Gasteiger partial charge in [0, 0.05) is 34.4 Å². The zero-order chi connectivity index (χ0) is 34.1. The number of carbonyl (C=O) groups is 3. The number of thioether (sulfide) groups is 1. The fourth-order valence-corrected chi connectivity index (χ4v) is 11.2. The molecule has 2 aromatic carbocycles. The lowest BCUT2D eigenvalue weighted by molar-refractivity contribution is -0.148. The SMILES string of the molecule is C=CCN(C(=O)[C@H]1[C@H]2C(=O)N([C@@H](CO)Cc3ccccc3)C(C(=O)N(CC=C)C(C)(C)C)C23CC(Br)[C@@H]1S3)c1ccc(OCC)cc1. The molecule has 3 heterocycles. The van der Waals surface area contributed by atoms with Gasteiger partial charge in [-0.1, -0.05) is 58.4 Å². The number of anilines is 1. The summed E-state index contributed by atoms with van der Waals surface area (Å²) in [4.78, 5) is 49.6. The van der Waals surface area contributed by atoms with Crippen LogP contribution in [0.3, 0.4) is 0 Å². The van der Waals surface area contributed by atoms with Crippen LogP contribution < -0.4 is 9.64 Å². The minimum Gasteiger partial charge on any atom is -0.494 e. The minimum atomic E-state index is -0.869. The van der Waals surface area contributed by atoms with Gasteiger partial charge >= 0.3 is 0 Å². The van der Waals surface area contributed by atoms with Gasteiger partial charge in [-0.25, -0.2) is 0 Å². The molecule has 2 aromatic rings. The summed E-state index contributed by atoms with van der Waals surface area (Å²) in [5.74, 6) is -1.32. The average Bonchev–Trinajstić information content (AvgIpc) is 3.64. The molecule has 7 atom stereocenters. The molecule has 1 spiro atoms. The Bertz CT molecular complexity index is 1480. The summed E-state index contributed by atoms with van der Waals surface area (Å²) in [6, 6.07) is 15.5. The molecule has 8 nitrogen and oxygen atoms in total. The van der Waals surface area contributed by atoms with Crippen LogP contribution in [-0.4, -0.2) is 91.4 Å². The standard InChI is InChI=1S/C37H46BrN3O5S/c1-7-19-39(25-15-17-27(18-16-25)46-9-3)33(43)29-30-34(44)41(26(23-42)21-24-13-11-10-12-14-24)32(37(30)22-28(38)31(29)47-37)35(45)40(20-8-2)36(4,5)6/h7-8,10-18,26,28-32,42H,1-2,9,19-23H2,3-6H3/t26-,28?,29+,30+,31+,32?,37?/m1/s1. The number of halogens is 1. The van der Waals surface area contributed by atoms with E-state index in [-0.39, 0.29) is 41.0 Å². The summed E-state index contributed by atoms with van der Waals surface area (Å²) in [7, 11) is 0. The van der Waals surface area contributed by atoms with E-state index in [0.717, 1.165) is 5.56 Å². The van der Waals surface area contributed by atoms with Crippen molar-refractivity contribution in [3.8, 4) is 5.75 Å². The highest BCUT2D eigenvalue weighted by Gasteiger charge is 2.76. The Morgan fingerprint density at radius 1 is 1.11 bits per heavy atom. The largest absolute Gasteiger partial charge is 0.494 e. The molecule has 0 aromatic heterocycles. The van der Waals surface area contributed by atoms with E-state index in [4.69, 9.17) is 4.74 Å².